The first-order valence-corrected chi connectivity index (χ1v) is 9.50. The van der Waals surface area contributed by atoms with Gasteiger partial charge >= 0.3 is 5.97 Å². The first-order chi connectivity index (χ1) is 12.0. The average molecular weight is 359 g/mol. The molecule has 0 bridgehead atoms. The van der Waals surface area contributed by atoms with Crippen LogP contribution in [0.4, 0.5) is 0 Å². The van der Waals surface area contributed by atoms with E-state index >= 15 is 0 Å². The van der Waals surface area contributed by atoms with Gasteiger partial charge < -0.3 is 4.74 Å². The van der Waals surface area contributed by atoms with Gasteiger partial charge in [0.05, 0.1) is 11.5 Å². The lowest BCUT2D eigenvalue weighted by atomic mass is 10.1. The Morgan fingerprint density at radius 1 is 1.24 bits per heavy atom. The van der Waals surface area contributed by atoms with Crippen LogP contribution in [0.2, 0.25) is 0 Å². The third-order valence-electron chi connectivity index (χ3n) is 3.90. The smallest absolute Gasteiger partial charge is 0.302 e. The van der Waals surface area contributed by atoms with E-state index in [0.29, 0.717) is 13.0 Å². The SMILES string of the molecule is CC(=O)OCC(C)Cc1ccc(C(=O)CCCCc2cccnc2)s1. The van der Waals surface area contributed by atoms with Gasteiger partial charge in [-0.1, -0.05) is 13.0 Å². The number of aromatic nitrogens is 1. The summed E-state index contributed by atoms with van der Waals surface area (Å²) in [5.41, 5.74) is 1.22. The largest absolute Gasteiger partial charge is 0.466 e. The van der Waals surface area contributed by atoms with E-state index in [0.717, 1.165) is 30.6 Å². The highest BCUT2D eigenvalue weighted by Gasteiger charge is 2.12. The van der Waals surface area contributed by atoms with Crippen molar-refractivity contribution in [2.45, 2.75) is 46.0 Å². The molecule has 0 radical (unpaired) electrons. The Labute approximate surface area is 153 Å². The minimum absolute atomic E-state index is 0.218. The van der Waals surface area contributed by atoms with Crippen LogP contribution in [-0.2, 0) is 22.4 Å². The maximum absolute atomic E-state index is 12.3. The quantitative estimate of drug-likeness (QED) is 0.356. The van der Waals surface area contributed by atoms with Crippen molar-refractivity contribution in [2.24, 2.45) is 5.92 Å². The maximum atomic E-state index is 12.3. The molecule has 5 heteroatoms. The molecule has 0 saturated carbocycles. The summed E-state index contributed by atoms with van der Waals surface area (Å²) in [6.07, 6.45) is 7.91. The van der Waals surface area contributed by atoms with Crippen LogP contribution in [0.5, 0.6) is 0 Å². The van der Waals surface area contributed by atoms with Gasteiger partial charge in [0, 0.05) is 30.6 Å². The minimum atomic E-state index is -0.250. The molecule has 0 N–H and O–H groups in total. The lowest BCUT2D eigenvalue weighted by Crippen LogP contribution is -2.10. The molecule has 0 aliphatic carbocycles. The maximum Gasteiger partial charge on any atom is 0.302 e. The van der Waals surface area contributed by atoms with Gasteiger partial charge in [-0.15, -0.1) is 11.3 Å². The van der Waals surface area contributed by atoms with Gasteiger partial charge in [-0.25, -0.2) is 0 Å². The molecule has 25 heavy (non-hydrogen) atoms. The highest BCUT2D eigenvalue weighted by molar-refractivity contribution is 7.14. The van der Waals surface area contributed by atoms with Gasteiger partial charge in [0.2, 0.25) is 0 Å². The van der Waals surface area contributed by atoms with Crippen molar-refractivity contribution in [1.29, 1.82) is 0 Å². The van der Waals surface area contributed by atoms with E-state index in [1.807, 2.05) is 31.3 Å². The molecule has 0 aliphatic rings. The fraction of sp³-hybridized carbons (Fsp3) is 0.450. The standard InChI is InChI=1S/C20H25NO3S/c1-15(14-24-16(2)22)12-18-9-10-20(25-18)19(23)8-4-3-6-17-7-5-11-21-13-17/h5,7,9-11,13,15H,3-4,6,8,12,14H2,1-2H3. The van der Waals surface area contributed by atoms with Crippen molar-refractivity contribution >= 4 is 23.1 Å². The van der Waals surface area contributed by atoms with Gasteiger partial charge in [-0.05, 0) is 55.4 Å². The number of thiophene rings is 1. The van der Waals surface area contributed by atoms with Crippen molar-refractivity contribution in [1.82, 2.24) is 4.98 Å². The number of nitrogens with zero attached hydrogens (tertiary/aromatic N) is 1. The fourth-order valence-electron chi connectivity index (χ4n) is 2.58. The number of pyridine rings is 1. The lowest BCUT2D eigenvalue weighted by Gasteiger charge is -2.09. The summed E-state index contributed by atoms with van der Waals surface area (Å²) in [5, 5.41) is 0. The second-order valence-electron chi connectivity index (χ2n) is 6.37. The number of ketones is 1. The minimum Gasteiger partial charge on any atom is -0.466 e. The predicted octanol–water partition coefficient (Wildman–Crippen LogP) is 4.48. The van der Waals surface area contributed by atoms with Crippen molar-refractivity contribution < 1.29 is 14.3 Å². The molecule has 2 rings (SSSR count). The van der Waals surface area contributed by atoms with E-state index in [1.165, 1.54) is 17.4 Å². The number of Topliss-reactive ketones (excluding diaryl/α,β-unsaturated/α-hetero) is 1. The van der Waals surface area contributed by atoms with Crippen LogP contribution in [0.3, 0.4) is 0 Å². The molecule has 134 valence electrons. The van der Waals surface area contributed by atoms with Gasteiger partial charge in [0.25, 0.3) is 0 Å². The zero-order chi connectivity index (χ0) is 18.1. The Balaban J connectivity index is 1.71. The van der Waals surface area contributed by atoms with Gasteiger partial charge in [-0.2, -0.15) is 0 Å². The Bertz CT molecular complexity index is 681. The van der Waals surface area contributed by atoms with Crippen molar-refractivity contribution in [3.63, 3.8) is 0 Å². The van der Waals surface area contributed by atoms with Crippen LogP contribution in [0, 0.1) is 5.92 Å². The molecule has 0 aliphatic heterocycles. The van der Waals surface area contributed by atoms with E-state index in [9.17, 15) is 9.59 Å². The molecule has 1 unspecified atom stereocenters. The second kappa shape index (κ2) is 10.1. The van der Waals surface area contributed by atoms with E-state index < -0.39 is 0 Å². The monoisotopic (exact) mass is 359 g/mol. The van der Waals surface area contributed by atoms with E-state index in [-0.39, 0.29) is 17.7 Å². The van der Waals surface area contributed by atoms with Crippen molar-refractivity contribution in [3.05, 3.63) is 52.0 Å². The zero-order valence-corrected chi connectivity index (χ0v) is 15.7. The summed E-state index contributed by atoms with van der Waals surface area (Å²) in [4.78, 5) is 29.2. The molecule has 0 fully saturated rings. The average Bonchev–Trinajstić information content (AvgIpc) is 3.06. The normalized spacial score (nSPS) is 11.9. The van der Waals surface area contributed by atoms with E-state index in [4.69, 9.17) is 4.74 Å². The van der Waals surface area contributed by atoms with Gasteiger partial charge in [-0.3, -0.25) is 14.6 Å². The highest BCUT2D eigenvalue weighted by Crippen LogP contribution is 2.22. The third-order valence-corrected chi connectivity index (χ3v) is 5.05. The number of rotatable bonds is 10. The first-order valence-electron chi connectivity index (χ1n) is 8.68. The molecule has 0 aromatic carbocycles. The predicted molar refractivity (Wildman–Crippen MR) is 99.9 cm³/mol. The van der Waals surface area contributed by atoms with Crippen LogP contribution in [0.25, 0.3) is 0 Å². The second-order valence-corrected chi connectivity index (χ2v) is 7.54. The van der Waals surface area contributed by atoms with Gasteiger partial charge in [0.1, 0.15) is 0 Å². The summed E-state index contributed by atoms with van der Waals surface area (Å²) >= 11 is 1.56. The van der Waals surface area contributed by atoms with Crippen LogP contribution < -0.4 is 0 Å². The first kappa shape index (κ1) is 19.3. The number of esters is 1. The number of unbranched alkanes of at least 4 members (excludes halogenated alkanes) is 1. The van der Waals surface area contributed by atoms with Crippen LogP contribution in [-0.4, -0.2) is 23.3 Å². The molecule has 4 nitrogen and oxygen atoms in total. The molecule has 2 heterocycles. The van der Waals surface area contributed by atoms with Crippen LogP contribution >= 0.6 is 11.3 Å². The third kappa shape index (κ3) is 7.18. The van der Waals surface area contributed by atoms with Gasteiger partial charge in [0.15, 0.2) is 5.78 Å². The molecule has 0 spiro atoms. The number of hydrogen-bond donors (Lipinski definition) is 0. The Morgan fingerprint density at radius 3 is 2.80 bits per heavy atom. The Kier molecular flexibility index (Phi) is 7.79. The molecular formula is C20H25NO3S. The van der Waals surface area contributed by atoms with E-state index in [1.54, 1.807) is 17.5 Å². The number of carbonyl (C=O) groups is 2. The van der Waals surface area contributed by atoms with Crippen molar-refractivity contribution in [3.8, 4) is 0 Å². The molecule has 2 aromatic rings. The molecular weight excluding hydrogens is 334 g/mol. The molecule has 2 aromatic heterocycles. The lowest BCUT2D eigenvalue weighted by molar-refractivity contribution is -0.142. The Hall–Kier alpha value is -2.01. The molecule has 0 saturated heterocycles. The molecule has 0 amide bonds. The number of hydrogen-bond acceptors (Lipinski definition) is 5. The number of ether oxygens (including phenoxy) is 1. The summed E-state index contributed by atoms with van der Waals surface area (Å²) in [5.74, 6) is 0.222. The summed E-state index contributed by atoms with van der Waals surface area (Å²) in [6.45, 7) is 3.89. The van der Waals surface area contributed by atoms with E-state index in [2.05, 4.69) is 11.1 Å². The van der Waals surface area contributed by atoms with Crippen LogP contribution in [0.1, 0.15) is 53.2 Å². The number of carbonyl (C=O) groups excluding carboxylic acids is 2. The zero-order valence-electron chi connectivity index (χ0n) is 14.9. The Morgan fingerprint density at radius 2 is 2.08 bits per heavy atom. The fourth-order valence-corrected chi connectivity index (χ4v) is 3.72. The summed E-state index contributed by atoms with van der Waals surface area (Å²) < 4.78 is 5.03. The highest BCUT2D eigenvalue weighted by atomic mass is 32.1. The van der Waals surface area contributed by atoms with Crippen molar-refractivity contribution in [2.75, 3.05) is 6.61 Å². The molecule has 1 atom stereocenters. The summed E-state index contributed by atoms with van der Waals surface area (Å²) in [6, 6.07) is 7.94. The summed E-state index contributed by atoms with van der Waals surface area (Å²) in [7, 11) is 0. The topological polar surface area (TPSA) is 56.3 Å². The number of aryl methyl sites for hydroxylation is 1. The van der Waals surface area contributed by atoms with Crippen LogP contribution in [0.15, 0.2) is 36.7 Å².